The highest BCUT2D eigenvalue weighted by Crippen LogP contribution is 2.25. The van der Waals surface area contributed by atoms with Crippen LogP contribution in [0.5, 0.6) is 0 Å². The van der Waals surface area contributed by atoms with Gasteiger partial charge in [0, 0.05) is 7.05 Å². The molecule has 0 aliphatic carbocycles. The van der Waals surface area contributed by atoms with E-state index in [1.807, 2.05) is 6.92 Å². The average Bonchev–Trinajstić information content (AvgIpc) is 2.30. The van der Waals surface area contributed by atoms with Gasteiger partial charge in [-0.25, -0.2) is 4.79 Å². The summed E-state index contributed by atoms with van der Waals surface area (Å²) in [5, 5.41) is 17.8. The van der Waals surface area contributed by atoms with Gasteiger partial charge < -0.3 is 15.7 Å². The first kappa shape index (κ1) is 12.8. The van der Waals surface area contributed by atoms with Gasteiger partial charge in [0.2, 0.25) is 0 Å². The predicted octanol–water partition coefficient (Wildman–Crippen LogP) is 1.71. The lowest BCUT2D eigenvalue weighted by molar-refractivity contribution is 0.0697. The first-order valence-corrected chi connectivity index (χ1v) is 5.26. The van der Waals surface area contributed by atoms with Crippen LogP contribution in [0.4, 0.5) is 11.4 Å². The number of benzene rings is 1. The molecule has 0 aromatic heterocycles. The molecule has 5 nitrogen and oxygen atoms in total. The topological polar surface area (TPSA) is 90.3 Å². The monoisotopic (exact) mass is 233 g/mol. The van der Waals surface area contributed by atoms with E-state index in [9.17, 15) is 4.79 Å². The lowest BCUT2D eigenvalue weighted by Crippen LogP contribution is -2.30. The lowest BCUT2D eigenvalue weighted by atomic mass is 10.1. The Hall–Kier alpha value is -2.22. The van der Waals surface area contributed by atoms with Crippen molar-refractivity contribution < 1.29 is 9.90 Å². The number of carboxylic acid groups (broad SMARTS) is 1. The molecule has 0 amide bonds. The summed E-state index contributed by atoms with van der Waals surface area (Å²) in [6.45, 7) is 1.91. The Labute approximate surface area is 100 Å². The van der Waals surface area contributed by atoms with Gasteiger partial charge in [-0.1, -0.05) is 6.92 Å². The number of anilines is 2. The smallest absolute Gasteiger partial charge is 0.335 e. The van der Waals surface area contributed by atoms with Crippen LogP contribution < -0.4 is 10.6 Å². The Balaban J connectivity index is 3.08. The molecule has 0 heterocycles. The zero-order chi connectivity index (χ0) is 13.0. The van der Waals surface area contributed by atoms with Crippen molar-refractivity contribution in [3.8, 4) is 6.07 Å². The molecule has 5 heteroatoms. The summed E-state index contributed by atoms with van der Waals surface area (Å²) in [7, 11) is 1.77. The number of nitrogens with zero attached hydrogens (tertiary/aromatic N) is 2. The Morgan fingerprint density at radius 2 is 2.29 bits per heavy atom. The molecule has 0 saturated carbocycles. The van der Waals surface area contributed by atoms with Crippen LogP contribution in [0.1, 0.15) is 23.7 Å². The van der Waals surface area contributed by atoms with E-state index < -0.39 is 5.97 Å². The van der Waals surface area contributed by atoms with Crippen LogP contribution in [-0.4, -0.2) is 24.2 Å². The molecule has 90 valence electrons. The maximum atomic E-state index is 10.8. The molecule has 1 atom stereocenters. The van der Waals surface area contributed by atoms with E-state index in [1.54, 1.807) is 18.0 Å². The summed E-state index contributed by atoms with van der Waals surface area (Å²) in [4.78, 5) is 12.5. The fourth-order valence-corrected chi connectivity index (χ4v) is 1.63. The molecule has 1 aromatic rings. The molecule has 3 N–H and O–H groups in total. The Kier molecular flexibility index (Phi) is 3.94. The van der Waals surface area contributed by atoms with Gasteiger partial charge in [0.15, 0.2) is 0 Å². The van der Waals surface area contributed by atoms with Gasteiger partial charge >= 0.3 is 5.97 Å². The standard InChI is InChI=1S/C12H15N3O2/c1-3-9(7-13)15(2)11-5-4-8(12(16)17)6-10(11)14/h4-6,9H,3,14H2,1-2H3,(H,16,17). The van der Waals surface area contributed by atoms with Crippen molar-refractivity contribution in [2.75, 3.05) is 17.7 Å². The minimum Gasteiger partial charge on any atom is -0.478 e. The SMILES string of the molecule is CCC(C#N)N(C)c1ccc(C(=O)O)cc1N. The third kappa shape index (κ3) is 2.67. The van der Waals surface area contributed by atoms with Crippen LogP contribution in [0, 0.1) is 11.3 Å². The van der Waals surface area contributed by atoms with Crippen molar-refractivity contribution in [2.45, 2.75) is 19.4 Å². The van der Waals surface area contributed by atoms with Gasteiger partial charge in [0.05, 0.1) is 23.0 Å². The van der Waals surface area contributed by atoms with Crippen LogP contribution in [0.2, 0.25) is 0 Å². The van der Waals surface area contributed by atoms with Crippen molar-refractivity contribution >= 4 is 17.3 Å². The highest BCUT2D eigenvalue weighted by atomic mass is 16.4. The molecule has 0 radical (unpaired) electrons. The number of hydrogen-bond donors (Lipinski definition) is 2. The summed E-state index contributed by atoms with van der Waals surface area (Å²) in [6, 6.07) is 6.40. The van der Waals surface area contributed by atoms with Gasteiger partial charge in [-0.15, -0.1) is 0 Å². The first-order valence-electron chi connectivity index (χ1n) is 5.26. The molecule has 1 rings (SSSR count). The number of rotatable bonds is 4. The van der Waals surface area contributed by atoms with Crippen molar-refractivity contribution in [3.05, 3.63) is 23.8 Å². The second-order valence-corrected chi connectivity index (χ2v) is 3.74. The highest BCUT2D eigenvalue weighted by Gasteiger charge is 2.15. The van der Waals surface area contributed by atoms with Crippen LogP contribution in [-0.2, 0) is 0 Å². The molecule has 0 fully saturated rings. The van der Waals surface area contributed by atoms with Gasteiger partial charge in [-0.3, -0.25) is 0 Å². The van der Waals surface area contributed by atoms with E-state index in [0.29, 0.717) is 17.8 Å². The van der Waals surface area contributed by atoms with Crippen LogP contribution in [0.25, 0.3) is 0 Å². The number of nitrogens with two attached hydrogens (primary N) is 1. The second-order valence-electron chi connectivity index (χ2n) is 3.74. The van der Waals surface area contributed by atoms with Crippen molar-refractivity contribution in [1.82, 2.24) is 0 Å². The number of nitriles is 1. The van der Waals surface area contributed by atoms with Crippen molar-refractivity contribution in [1.29, 1.82) is 5.26 Å². The third-order valence-electron chi connectivity index (χ3n) is 2.66. The van der Waals surface area contributed by atoms with Gasteiger partial charge in [-0.2, -0.15) is 5.26 Å². The summed E-state index contributed by atoms with van der Waals surface area (Å²) < 4.78 is 0. The van der Waals surface area contributed by atoms with Gasteiger partial charge in [-0.05, 0) is 24.6 Å². The van der Waals surface area contributed by atoms with E-state index in [0.717, 1.165) is 0 Å². The Morgan fingerprint density at radius 1 is 1.65 bits per heavy atom. The van der Waals surface area contributed by atoms with E-state index in [4.69, 9.17) is 16.1 Å². The Bertz CT molecular complexity index is 465. The zero-order valence-electron chi connectivity index (χ0n) is 9.84. The molecular formula is C12H15N3O2. The molecule has 1 aromatic carbocycles. The fourth-order valence-electron chi connectivity index (χ4n) is 1.63. The number of carboxylic acids is 1. The number of nitrogen functional groups attached to an aromatic ring is 1. The normalized spacial score (nSPS) is 11.6. The van der Waals surface area contributed by atoms with Gasteiger partial charge in [0.1, 0.15) is 6.04 Å². The molecule has 0 aliphatic heterocycles. The molecule has 0 aliphatic rings. The molecule has 17 heavy (non-hydrogen) atoms. The maximum absolute atomic E-state index is 10.8. The van der Waals surface area contributed by atoms with Gasteiger partial charge in [0.25, 0.3) is 0 Å². The van der Waals surface area contributed by atoms with E-state index in [-0.39, 0.29) is 11.6 Å². The maximum Gasteiger partial charge on any atom is 0.335 e. The predicted molar refractivity (Wildman–Crippen MR) is 65.9 cm³/mol. The zero-order valence-corrected chi connectivity index (χ0v) is 9.84. The second kappa shape index (κ2) is 5.21. The molecule has 0 saturated heterocycles. The average molecular weight is 233 g/mol. The number of hydrogen-bond acceptors (Lipinski definition) is 4. The first-order chi connectivity index (χ1) is 8.01. The summed E-state index contributed by atoms with van der Waals surface area (Å²) >= 11 is 0. The molecule has 1 unspecified atom stereocenters. The van der Waals surface area contributed by atoms with E-state index in [1.165, 1.54) is 12.1 Å². The Morgan fingerprint density at radius 3 is 2.71 bits per heavy atom. The van der Waals surface area contributed by atoms with Crippen molar-refractivity contribution in [3.63, 3.8) is 0 Å². The minimum atomic E-state index is -1.02. The van der Waals surface area contributed by atoms with Crippen LogP contribution >= 0.6 is 0 Å². The van der Waals surface area contributed by atoms with Crippen LogP contribution in [0.3, 0.4) is 0 Å². The summed E-state index contributed by atoms with van der Waals surface area (Å²) in [5.41, 5.74) is 6.97. The fraction of sp³-hybridized carbons (Fsp3) is 0.333. The largest absolute Gasteiger partial charge is 0.478 e. The number of carbonyl (C=O) groups is 1. The van der Waals surface area contributed by atoms with E-state index in [2.05, 4.69) is 6.07 Å². The minimum absolute atomic E-state index is 0.143. The van der Waals surface area contributed by atoms with Crippen LogP contribution in [0.15, 0.2) is 18.2 Å². The summed E-state index contributed by atoms with van der Waals surface area (Å²) in [5.74, 6) is -1.02. The summed E-state index contributed by atoms with van der Waals surface area (Å²) in [6.07, 6.45) is 0.674. The van der Waals surface area contributed by atoms with Crippen molar-refractivity contribution in [2.24, 2.45) is 0 Å². The quantitative estimate of drug-likeness (QED) is 0.772. The molecule has 0 bridgehead atoms. The molecular weight excluding hydrogens is 218 g/mol. The lowest BCUT2D eigenvalue weighted by Gasteiger charge is -2.25. The third-order valence-corrected chi connectivity index (χ3v) is 2.66. The molecule has 0 spiro atoms. The number of aromatic carboxylic acids is 1. The van der Waals surface area contributed by atoms with E-state index >= 15 is 0 Å². The highest BCUT2D eigenvalue weighted by molar-refractivity contribution is 5.90.